The molecule has 0 amide bonds. The molecular weight excluding hydrogens is 288 g/mol. The molecule has 0 aliphatic rings. The monoisotopic (exact) mass is 296 g/mol. The average Bonchev–Trinajstić information content (AvgIpc) is 2.70. The fraction of sp³-hybridized carbons (Fsp3) is 0.100. The Hall–Kier alpha value is -1.89. The zero-order valence-electron chi connectivity index (χ0n) is 8.90. The number of aromatic amines is 1. The Labute approximate surface area is 105 Å². The number of halogens is 1. The summed E-state index contributed by atoms with van der Waals surface area (Å²) in [5.41, 5.74) is 2.85. The van der Waals surface area contributed by atoms with E-state index in [1.807, 2.05) is 13.0 Å². The van der Waals surface area contributed by atoms with E-state index >= 15 is 0 Å². The van der Waals surface area contributed by atoms with Gasteiger partial charge in [0.25, 0.3) is 5.56 Å². The number of nitrogens with one attached hydrogen (secondary N) is 2. The molecule has 2 rings (SSSR count). The van der Waals surface area contributed by atoms with Gasteiger partial charge in [0, 0.05) is 0 Å². The summed E-state index contributed by atoms with van der Waals surface area (Å²) in [5, 5.41) is 9.87. The van der Waals surface area contributed by atoms with Crippen molar-refractivity contribution in [3.8, 4) is 0 Å². The van der Waals surface area contributed by atoms with E-state index in [-0.39, 0.29) is 5.56 Å². The molecule has 0 spiro atoms. The molecular formula is C10H9BrN4O2. The Morgan fingerprint density at radius 2 is 2.41 bits per heavy atom. The minimum atomic E-state index is -0.320. The first-order valence-electron chi connectivity index (χ1n) is 4.75. The lowest BCUT2D eigenvalue weighted by atomic mass is 10.4. The van der Waals surface area contributed by atoms with Crippen molar-refractivity contribution in [2.24, 2.45) is 5.10 Å². The van der Waals surface area contributed by atoms with Crippen LogP contribution in [0.5, 0.6) is 0 Å². The van der Waals surface area contributed by atoms with Crippen LogP contribution in [0.25, 0.3) is 0 Å². The van der Waals surface area contributed by atoms with Crippen molar-refractivity contribution in [2.45, 2.75) is 6.92 Å². The van der Waals surface area contributed by atoms with Crippen LogP contribution in [-0.2, 0) is 0 Å². The van der Waals surface area contributed by atoms with Crippen molar-refractivity contribution < 1.29 is 4.42 Å². The lowest BCUT2D eigenvalue weighted by molar-refractivity contribution is 0.528. The highest BCUT2D eigenvalue weighted by Gasteiger charge is 2.02. The van der Waals surface area contributed by atoms with Gasteiger partial charge in [-0.1, -0.05) is 0 Å². The number of aromatic nitrogens is 2. The molecule has 0 radical (unpaired) electrons. The lowest BCUT2D eigenvalue weighted by Gasteiger charge is -1.99. The number of anilines is 1. The van der Waals surface area contributed by atoms with Gasteiger partial charge in [-0.25, -0.2) is 5.10 Å². The second-order valence-electron chi connectivity index (χ2n) is 3.25. The molecule has 0 aromatic carbocycles. The zero-order chi connectivity index (χ0) is 12.3. The number of hydrogen-bond acceptors (Lipinski definition) is 5. The minimum absolute atomic E-state index is 0.320. The van der Waals surface area contributed by atoms with Gasteiger partial charge in [0.05, 0.1) is 18.1 Å². The van der Waals surface area contributed by atoms with Crippen molar-refractivity contribution in [1.82, 2.24) is 10.2 Å². The Morgan fingerprint density at radius 1 is 1.59 bits per heavy atom. The maximum absolute atomic E-state index is 11.2. The molecule has 0 aliphatic heterocycles. The quantitative estimate of drug-likeness (QED) is 0.669. The molecule has 0 unspecified atom stereocenters. The van der Waals surface area contributed by atoms with E-state index in [1.165, 1.54) is 12.4 Å². The van der Waals surface area contributed by atoms with E-state index in [0.29, 0.717) is 15.9 Å². The summed E-state index contributed by atoms with van der Waals surface area (Å²) in [5.74, 6) is 1.44. The second kappa shape index (κ2) is 4.96. The van der Waals surface area contributed by atoms with Crippen molar-refractivity contribution in [1.29, 1.82) is 0 Å². The maximum Gasteiger partial charge on any atom is 0.280 e. The highest BCUT2D eigenvalue weighted by molar-refractivity contribution is 9.10. The normalized spacial score (nSPS) is 10.9. The van der Waals surface area contributed by atoms with Crippen LogP contribution in [0, 0.1) is 6.92 Å². The molecule has 2 aromatic rings. The van der Waals surface area contributed by atoms with E-state index in [4.69, 9.17) is 4.42 Å². The lowest BCUT2D eigenvalue weighted by Crippen LogP contribution is -2.10. The smallest absolute Gasteiger partial charge is 0.280 e. The number of hydrogen-bond donors (Lipinski definition) is 2. The third-order valence-corrected chi connectivity index (χ3v) is 2.72. The second-order valence-corrected chi connectivity index (χ2v) is 4.04. The van der Waals surface area contributed by atoms with Crippen LogP contribution in [0.1, 0.15) is 11.5 Å². The minimum Gasteiger partial charge on any atom is -0.460 e. The average molecular weight is 297 g/mol. The zero-order valence-corrected chi connectivity index (χ0v) is 10.5. The third kappa shape index (κ3) is 2.82. The molecule has 0 aliphatic carbocycles. The summed E-state index contributed by atoms with van der Waals surface area (Å²) < 4.78 is 5.64. The Kier molecular flexibility index (Phi) is 3.38. The number of hydrazone groups is 1. The molecule has 7 heteroatoms. The topological polar surface area (TPSA) is 83.3 Å². The summed E-state index contributed by atoms with van der Waals surface area (Å²) in [6.45, 7) is 1.85. The van der Waals surface area contributed by atoms with Gasteiger partial charge in [0.15, 0.2) is 0 Å². The van der Waals surface area contributed by atoms with Crippen molar-refractivity contribution in [3.63, 3.8) is 0 Å². The first-order chi connectivity index (χ1) is 8.16. The summed E-state index contributed by atoms with van der Waals surface area (Å²) in [6, 6.07) is 3.64. The van der Waals surface area contributed by atoms with Gasteiger partial charge in [-0.15, -0.1) is 0 Å². The number of aryl methyl sites for hydroxylation is 1. The SMILES string of the molecule is Cc1ccc(C=NNc2cn[nH]c(=O)c2Br)o1. The van der Waals surface area contributed by atoms with Gasteiger partial charge >= 0.3 is 0 Å². The molecule has 88 valence electrons. The van der Waals surface area contributed by atoms with Gasteiger partial charge in [-0.05, 0) is 35.0 Å². The largest absolute Gasteiger partial charge is 0.460 e. The van der Waals surface area contributed by atoms with Gasteiger partial charge in [0.1, 0.15) is 16.0 Å². The maximum atomic E-state index is 11.2. The molecule has 0 saturated heterocycles. The van der Waals surface area contributed by atoms with E-state index in [1.54, 1.807) is 6.07 Å². The molecule has 2 aromatic heterocycles. The summed E-state index contributed by atoms with van der Waals surface area (Å²) in [4.78, 5) is 11.2. The van der Waals surface area contributed by atoms with Crippen LogP contribution in [0.4, 0.5) is 5.69 Å². The standard InChI is InChI=1S/C10H9BrN4O2/c1-6-2-3-7(17-6)4-12-14-8-5-13-15-10(16)9(8)11/h2-5H,1H3,(H2,14,15,16). The van der Waals surface area contributed by atoms with Crippen molar-refractivity contribution in [2.75, 3.05) is 5.43 Å². The summed E-state index contributed by atoms with van der Waals surface area (Å²) >= 11 is 3.13. The Morgan fingerprint density at radius 3 is 3.12 bits per heavy atom. The predicted molar refractivity (Wildman–Crippen MR) is 67.2 cm³/mol. The first-order valence-corrected chi connectivity index (χ1v) is 5.55. The van der Waals surface area contributed by atoms with Crippen molar-refractivity contribution in [3.05, 3.63) is 44.7 Å². The number of H-pyrrole nitrogens is 1. The van der Waals surface area contributed by atoms with E-state index in [0.717, 1.165) is 5.76 Å². The predicted octanol–water partition coefficient (Wildman–Crippen LogP) is 1.88. The molecule has 0 atom stereocenters. The van der Waals surface area contributed by atoms with Gasteiger partial charge in [-0.2, -0.15) is 10.2 Å². The molecule has 0 fully saturated rings. The van der Waals surface area contributed by atoms with Crippen LogP contribution in [0.3, 0.4) is 0 Å². The van der Waals surface area contributed by atoms with Crippen molar-refractivity contribution >= 4 is 27.8 Å². The number of nitrogens with zero attached hydrogens (tertiary/aromatic N) is 2. The van der Waals surface area contributed by atoms with Crippen LogP contribution >= 0.6 is 15.9 Å². The van der Waals surface area contributed by atoms with E-state index in [9.17, 15) is 4.79 Å². The number of furan rings is 1. The third-order valence-electron chi connectivity index (χ3n) is 1.93. The fourth-order valence-electron chi connectivity index (χ4n) is 1.15. The van der Waals surface area contributed by atoms with Crippen LogP contribution in [0.15, 0.2) is 37.1 Å². The Bertz CT molecular complexity index is 602. The highest BCUT2D eigenvalue weighted by atomic mass is 79.9. The van der Waals surface area contributed by atoms with E-state index in [2.05, 4.69) is 36.7 Å². The van der Waals surface area contributed by atoms with Gasteiger partial charge in [-0.3, -0.25) is 10.2 Å². The van der Waals surface area contributed by atoms with Crippen LogP contribution in [-0.4, -0.2) is 16.4 Å². The summed E-state index contributed by atoms with van der Waals surface area (Å²) in [7, 11) is 0. The molecule has 17 heavy (non-hydrogen) atoms. The molecule has 2 heterocycles. The van der Waals surface area contributed by atoms with Gasteiger partial charge < -0.3 is 4.42 Å². The van der Waals surface area contributed by atoms with Crippen LogP contribution < -0.4 is 11.0 Å². The first kappa shape index (κ1) is 11.6. The summed E-state index contributed by atoms with van der Waals surface area (Å²) in [6.07, 6.45) is 2.97. The number of rotatable bonds is 3. The van der Waals surface area contributed by atoms with E-state index < -0.39 is 0 Å². The van der Waals surface area contributed by atoms with Gasteiger partial charge in [0.2, 0.25) is 0 Å². The molecule has 6 nitrogen and oxygen atoms in total. The molecule has 0 bridgehead atoms. The Balaban J connectivity index is 2.10. The molecule has 0 saturated carbocycles. The van der Waals surface area contributed by atoms with Crippen LogP contribution in [0.2, 0.25) is 0 Å². The highest BCUT2D eigenvalue weighted by Crippen LogP contribution is 2.14. The fourth-order valence-corrected chi connectivity index (χ4v) is 1.43. The molecule has 2 N–H and O–H groups in total.